The number of aliphatic imine (C=N–C) groups is 1. The van der Waals surface area contributed by atoms with Crippen LogP contribution in [0.25, 0.3) is 0 Å². The van der Waals surface area contributed by atoms with Gasteiger partial charge in [-0.3, -0.25) is 9.89 Å². The number of carbonyl (C=O) groups is 1. The number of nitrogens with one attached hydrogen (secondary N) is 2. The summed E-state index contributed by atoms with van der Waals surface area (Å²) < 4.78 is 7.50. The molecule has 31 heavy (non-hydrogen) atoms. The van der Waals surface area contributed by atoms with E-state index in [1.807, 2.05) is 20.8 Å². The Morgan fingerprint density at radius 2 is 1.84 bits per heavy atom. The Morgan fingerprint density at radius 1 is 1.16 bits per heavy atom. The lowest BCUT2D eigenvalue weighted by atomic mass is 10.2. The van der Waals surface area contributed by atoms with Crippen LogP contribution in [0.4, 0.5) is 4.79 Å². The summed E-state index contributed by atoms with van der Waals surface area (Å²) in [5, 5.41) is 14.7. The fourth-order valence-corrected chi connectivity index (χ4v) is 3.24. The van der Waals surface area contributed by atoms with Crippen molar-refractivity contribution < 1.29 is 9.53 Å². The van der Waals surface area contributed by atoms with Crippen LogP contribution in [-0.2, 0) is 17.7 Å². The lowest BCUT2D eigenvalue weighted by Gasteiger charge is -2.35. The van der Waals surface area contributed by atoms with Gasteiger partial charge in [-0.2, -0.15) is 0 Å². The number of aromatic nitrogens is 3. The van der Waals surface area contributed by atoms with Crippen LogP contribution in [0.3, 0.4) is 0 Å². The first-order valence-corrected chi connectivity index (χ1v) is 10.8. The van der Waals surface area contributed by atoms with Gasteiger partial charge in [0.05, 0.1) is 0 Å². The molecule has 2 N–H and O–H groups in total. The Morgan fingerprint density at radius 3 is 2.45 bits per heavy atom. The van der Waals surface area contributed by atoms with Crippen LogP contribution in [0.1, 0.15) is 39.9 Å². The number of hydrogen-bond donors (Lipinski definition) is 2. The number of piperazine rings is 1. The van der Waals surface area contributed by atoms with Gasteiger partial charge in [-0.05, 0) is 33.7 Å². The van der Waals surface area contributed by atoms with E-state index >= 15 is 0 Å². The lowest BCUT2D eigenvalue weighted by Crippen LogP contribution is -2.50. The summed E-state index contributed by atoms with van der Waals surface area (Å²) in [6.07, 6.45) is 3.44. The molecule has 1 amide bonds. The number of nitrogens with zero attached hydrogens (tertiary/aromatic N) is 6. The van der Waals surface area contributed by atoms with Gasteiger partial charge < -0.3 is 24.8 Å². The van der Waals surface area contributed by atoms with Crippen LogP contribution in [0, 0.1) is 0 Å². The van der Waals surface area contributed by atoms with Crippen LogP contribution in [-0.4, -0.2) is 95.1 Å². The third-order valence-electron chi connectivity index (χ3n) is 4.85. The summed E-state index contributed by atoms with van der Waals surface area (Å²) in [7, 11) is 1.78. The van der Waals surface area contributed by atoms with E-state index in [0.717, 1.165) is 63.9 Å². The first kappa shape index (κ1) is 27.4. The number of ether oxygens (including phenoxy) is 1. The Balaban J connectivity index is 0.00000480. The molecular weight excluding hydrogens is 511 g/mol. The molecule has 2 rings (SSSR count). The van der Waals surface area contributed by atoms with Crippen molar-refractivity contribution in [1.82, 2.24) is 35.2 Å². The zero-order valence-corrected chi connectivity index (χ0v) is 21.9. The first-order chi connectivity index (χ1) is 14.3. The van der Waals surface area contributed by atoms with Crippen LogP contribution >= 0.6 is 24.0 Å². The van der Waals surface area contributed by atoms with E-state index < -0.39 is 5.60 Å². The summed E-state index contributed by atoms with van der Waals surface area (Å²) >= 11 is 0. The number of halogens is 1. The van der Waals surface area contributed by atoms with Crippen LogP contribution in [0.2, 0.25) is 0 Å². The summed E-state index contributed by atoms with van der Waals surface area (Å²) in [6, 6.07) is 0. The van der Waals surface area contributed by atoms with Crippen molar-refractivity contribution in [2.45, 2.75) is 52.7 Å². The van der Waals surface area contributed by atoms with E-state index in [1.54, 1.807) is 18.3 Å². The minimum Gasteiger partial charge on any atom is -0.444 e. The molecule has 1 aromatic rings. The van der Waals surface area contributed by atoms with Gasteiger partial charge in [0.2, 0.25) is 0 Å². The van der Waals surface area contributed by atoms with E-state index in [0.29, 0.717) is 13.1 Å². The standard InChI is InChI=1S/C20H38N8O2.HI/c1-6-17-25-24-16-28(17)11-9-23-18(21-5)22-8-7-10-26-12-14-27(15-13-26)19(29)30-20(2,3)4;/h16H,6-15H2,1-5H3,(H2,21,22,23);1H. The van der Waals surface area contributed by atoms with E-state index in [2.05, 4.69) is 42.2 Å². The minimum atomic E-state index is -0.444. The molecule has 11 heteroatoms. The molecule has 178 valence electrons. The second-order valence-corrected chi connectivity index (χ2v) is 8.38. The summed E-state index contributed by atoms with van der Waals surface area (Å²) in [6.45, 7) is 14.4. The molecule has 0 unspecified atom stereocenters. The molecular formula is C20H39IN8O2. The van der Waals surface area contributed by atoms with Crippen LogP contribution in [0.5, 0.6) is 0 Å². The van der Waals surface area contributed by atoms with Crippen LogP contribution < -0.4 is 10.6 Å². The lowest BCUT2D eigenvalue weighted by molar-refractivity contribution is 0.0145. The third kappa shape index (κ3) is 10.0. The number of carbonyl (C=O) groups excluding carboxylic acids is 1. The quantitative estimate of drug-likeness (QED) is 0.220. The van der Waals surface area contributed by atoms with Crippen molar-refractivity contribution in [1.29, 1.82) is 0 Å². The predicted molar refractivity (Wildman–Crippen MR) is 133 cm³/mol. The van der Waals surface area contributed by atoms with Crippen molar-refractivity contribution in [3.8, 4) is 0 Å². The largest absolute Gasteiger partial charge is 0.444 e. The predicted octanol–water partition coefficient (Wildman–Crippen LogP) is 1.57. The molecule has 1 aliphatic rings. The van der Waals surface area contributed by atoms with E-state index in [1.165, 1.54) is 0 Å². The number of hydrogen-bond acceptors (Lipinski definition) is 6. The average molecular weight is 550 g/mol. The van der Waals surface area contributed by atoms with Gasteiger partial charge in [0.15, 0.2) is 5.96 Å². The Bertz CT molecular complexity index is 681. The van der Waals surface area contributed by atoms with Gasteiger partial charge in [0, 0.05) is 59.3 Å². The van der Waals surface area contributed by atoms with Gasteiger partial charge >= 0.3 is 6.09 Å². The normalized spacial score (nSPS) is 15.4. The fourth-order valence-electron chi connectivity index (χ4n) is 3.24. The molecule has 0 bridgehead atoms. The minimum absolute atomic E-state index is 0. The molecule has 10 nitrogen and oxygen atoms in total. The Kier molecular flexibility index (Phi) is 12.1. The van der Waals surface area contributed by atoms with Gasteiger partial charge in [0.1, 0.15) is 17.8 Å². The molecule has 0 aliphatic carbocycles. The van der Waals surface area contributed by atoms with Gasteiger partial charge in [-0.15, -0.1) is 34.2 Å². The number of guanidine groups is 1. The van der Waals surface area contributed by atoms with E-state index in [4.69, 9.17) is 4.74 Å². The number of rotatable bonds is 8. The van der Waals surface area contributed by atoms with Crippen molar-refractivity contribution in [3.63, 3.8) is 0 Å². The van der Waals surface area contributed by atoms with Gasteiger partial charge in [-0.1, -0.05) is 6.92 Å². The van der Waals surface area contributed by atoms with E-state index in [-0.39, 0.29) is 30.1 Å². The zero-order chi connectivity index (χ0) is 22.0. The van der Waals surface area contributed by atoms with Crippen molar-refractivity contribution in [2.24, 2.45) is 4.99 Å². The number of amides is 1. The Labute approximate surface area is 203 Å². The molecule has 1 saturated heterocycles. The topological polar surface area (TPSA) is 99.9 Å². The monoisotopic (exact) mass is 550 g/mol. The average Bonchev–Trinajstić information content (AvgIpc) is 3.16. The van der Waals surface area contributed by atoms with Gasteiger partial charge in [-0.25, -0.2) is 4.79 Å². The maximum atomic E-state index is 12.1. The molecule has 0 aromatic carbocycles. The highest BCUT2D eigenvalue weighted by atomic mass is 127. The maximum Gasteiger partial charge on any atom is 0.410 e. The highest BCUT2D eigenvalue weighted by Gasteiger charge is 2.25. The highest BCUT2D eigenvalue weighted by molar-refractivity contribution is 14.0. The molecule has 1 aliphatic heterocycles. The molecule has 1 aromatic heterocycles. The third-order valence-corrected chi connectivity index (χ3v) is 4.85. The smallest absolute Gasteiger partial charge is 0.410 e. The molecule has 2 heterocycles. The van der Waals surface area contributed by atoms with Crippen LogP contribution in [0.15, 0.2) is 11.3 Å². The molecule has 0 saturated carbocycles. The maximum absolute atomic E-state index is 12.1. The molecule has 0 spiro atoms. The molecule has 0 radical (unpaired) electrons. The van der Waals surface area contributed by atoms with Crippen molar-refractivity contribution in [3.05, 3.63) is 12.2 Å². The molecule has 0 atom stereocenters. The van der Waals surface area contributed by atoms with Crippen molar-refractivity contribution in [2.75, 3.05) is 52.9 Å². The SMILES string of the molecule is CCc1nncn1CCNC(=NC)NCCCN1CCN(C(=O)OC(C)(C)C)CC1.I. The summed E-state index contributed by atoms with van der Waals surface area (Å²) in [5.41, 5.74) is -0.444. The van der Waals surface area contributed by atoms with E-state index in [9.17, 15) is 4.79 Å². The summed E-state index contributed by atoms with van der Waals surface area (Å²) in [4.78, 5) is 20.6. The molecule has 1 fully saturated rings. The Hall–Kier alpha value is -1.63. The fraction of sp³-hybridized carbons (Fsp3) is 0.800. The first-order valence-electron chi connectivity index (χ1n) is 10.8. The second-order valence-electron chi connectivity index (χ2n) is 8.38. The summed E-state index contributed by atoms with van der Waals surface area (Å²) in [5.74, 6) is 1.79. The second kappa shape index (κ2) is 13.7. The number of aryl methyl sites for hydroxylation is 1. The highest BCUT2D eigenvalue weighted by Crippen LogP contribution is 2.11. The van der Waals surface area contributed by atoms with Gasteiger partial charge in [0.25, 0.3) is 0 Å². The van der Waals surface area contributed by atoms with Crippen molar-refractivity contribution >= 4 is 36.0 Å². The zero-order valence-electron chi connectivity index (χ0n) is 19.6.